The molecule has 0 amide bonds. The van der Waals surface area contributed by atoms with E-state index in [0.29, 0.717) is 32.3 Å². The zero-order valence-electron chi connectivity index (χ0n) is 11.0. The molecule has 0 aliphatic carbocycles. The Labute approximate surface area is 131 Å². The van der Waals surface area contributed by atoms with E-state index in [9.17, 15) is 5.11 Å². The van der Waals surface area contributed by atoms with Gasteiger partial charge in [0, 0.05) is 16.3 Å². The molecule has 0 fully saturated rings. The fraction of sp³-hybridized carbons (Fsp3) is 0.333. The first kappa shape index (κ1) is 15.4. The molecule has 1 heterocycles. The molecule has 1 aromatic carbocycles. The van der Waals surface area contributed by atoms with E-state index in [2.05, 4.69) is 10.2 Å². The van der Waals surface area contributed by atoms with Gasteiger partial charge in [0.15, 0.2) is 5.82 Å². The molecule has 2 aromatic rings. The van der Waals surface area contributed by atoms with E-state index in [1.54, 1.807) is 32.0 Å². The van der Waals surface area contributed by atoms with Gasteiger partial charge in [-0.2, -0.15) is 0 Å². The van der Waals surface area contributed by atoms with Crippen molar-refractivity contribution >= 4 is 35.0 Å². The minimum atomic E-state index is -0.815. The first-order valence-corrected chi connectivity index (χ1v) is 7.53. The number of hydrogen-bond donors (Lipinski definition) is 2. The lowest BCUT2D eigenvalue weighted by Gasteiger charge is -2.15. The number of aliphatic hydroxyl groups is 1. The molecule has 0 bridgehead atoms. The molecule has 20 heavy (non-hydrogen) atoms. The van der Waals surface area contributed by atoms with E-state index in [1.165, 1.54) is 16.4 Å². The highest BCUT2D eigenvalue weighted by atomic mass is 35.5. The highest BCUT2D eigenvalue weighted by molar-refractivity contribution is 7.99. The normalized spacial score (nSPS) is 11.8. The van der Waals surface area contributed by atoms with E-state index < -0.39 is 5.60 Å². The molecular weight excluding hydrogens is 319 g/mol. The standard InChI is InChI=1S/C12H14Cl2N4OS/c1-12(2,19)6-20-11-17-16-10(18(11)15)8-5-7(13)3-4-9(8)14/h3-5,19H,6,15H2,1-2H3. The Morgan fingerprint density at radius 3 is 2.70 bits per heavy atom. The van der Waals surface area contributed by atoms with Gasteiger partial charge < -0.3 is 10.9 Å². The van der Waals surface area contributed by atoms with Crippen molar-refractivity contribution in [2.45, 2.75) is 24.6 Å². The van der Waals surface area contributed by atoms with Crippen molar-refractivity contribution < 1.29 is 5.11 Å². The van der Waals surface area contributed by atoms with Crippen LogP contribution in [0.4, 0.5) is 0 Å². The van der Waals surface area contributed by atoms with Crippen LogP contribution in [-0.2, 0) is 0 Å². The van der Waals surface area contributed by atoms with Crippen LogP contribution in [0.25, 0.3) is 11.4 Å². The molecule has 0 saturated carbocycles. The van der Waals surface area contributed by atoms with Gasteiger partial charge >= 0.3 is 0 Å². The molecule has 8 heteroatoms. The fourth-order valence-electron chi connectivity index (χ4n) is 1.47. The summed E-state index contributed by atoms with van der Waals surface area (Å²) in [4.78, 5) is 0. The Balaban J connectivity index is 2.31. The summed E-state index contributed by atoms with van der Waals surface area (Å²) in [6.45, 7) is 3.43. The predicted molar refractivity (Wildman–Crippen MR) is 82.7 cm³/mol. The van der Waals surface area contributed by atoms with Crippen molar-refractivity contribution in [3.05, 3.63) is 28.2 Å². The number of halogens is 2. The molecule has 0 aliphatic rings. The molecule has 2 rings (SSSR count). The van der Waals surface area contributed by atoms with Crippen molar-refractivity contribution in [1.29, 1.82) is 0 Å². The van der Waals surface area contributed by atoms with Crippen LogP contribution in [0.3, 0.4) is 0 Å². The number of thioether (sulfide) groups is 1. The summed E-state index contributed by atoms with van der Waals surface area (Å²) in [6, 6.07) is 5.05. The maximum Gasteiger partial charge on any atom is 0.210 e. The van der Waals surface area contributed by atoms with Crippen LogP contribution in [0, 0.1) is 0 Å². The lowest BCUT2D eigenvalue weighted by molar-refractivity contribution is 0.107. The number of rotatable bonds is 4. The fourth-order valence-corrected chi connectivity index (χ4v) is 2.65. The second kappa shape index (κ2) is 5.81. The van der Waals surface area contributed by atoms with Gasteiger partial charge in [-0.05, 0) is 32.0 Å². The van der Waals surface area contributed by atoms with Gasteiger partial charge in [-0.25, -0.2) is 4.68 Å². The maximum atomic E-state index is 9.72. The van der Waals surface area contributed by atoms with Crippen LogP contribution in [0.15, 0.2) is 23.4 Å². The molecule has 0 radical (unpaired) electrons. The summed E-state index contributed by atoms with van der Waals surface area (Å²) < 4.78 is 1.34. The molecule has 5 nitrogen and oxygen atoms in total. The van der Waals surface area contributed by atoms with Crippen LogP contribution in [-0.4, -0.2) is 31.3 Å². The van der Waals surface area contributed by atoms with Gasteiger partial charge in [0.2, 0.25) is 5.16 Å². The summed E-state index contributed by atoms with van der Waals surface area (Å²) in [5, 5.41) is 19.3. The van der Waals surface area contributed by atoms with Crippen LogP contribution in [0.5, 0.6) is 0 Å². The Kier molecular flexibility index (Phi) is 4.49. The molecule has 108 valence electrons. The van der Waals surface area contributed by atoms with E-state index in [-0.39, 0.29) is 0 Å². The second-order valence-electron chi connectivity index (χ2n) is 4.90. The van der Waals surface area contributed by atoms with Crippen molar-refractivity contribution in [2.75, 3.05) is 11.6 Å². The molecule has 0 saturated heterocycles. The SMILES string of the molecule is CC(C)(O)CSc1nnc(-c2cc(Cl)ccc2Cl)n1N. The number of nitrogen functional groups attached to an aromatic ring is 1. The summed E-state index contributed by atoms with van der Waals surface area (Å²) in [5.41, 5.74) is -0.200. The number of nitrogens with zero attached hydrogens (tertiary/aromatic N) is 3. The number of hydrogen-bond acceptors (Lipinski definition) is 5. The summed E-state index contributed by atoms with van der Waals surface area (Å²) in [7, 11) is 0. The predicted octanol–water partition coefficient (Wildman–Crippen LogP) is 2.83. The third-order valence-corrected chi connectivity index (χ3v) is 4.34. The number of nitrogens with two attached hydrogens (primary N) is 1. The van der Waals surface area contributed by atoms with Crippen LogP contribution < -0.4 is 5.84 Å². The minimum absolute atomic E-state index is 0.427. The highest BCUT2D eigenvalue weighted by Crippen LogP contribution is 2.30. The molecule has 3 N–H and O–H groups in total. The smallest absolute Gasteiger partial charge is 0.210 e. The average molecular weight is 333 g/mol. The zero-order valence-corrected chi connectivity index (χ0v) is 13.3. The lowest BCUT2D eigenvalue weighted by Crippen LogP contribution is -2.22. The van der Waals surface area contributed by atoms with Crippen LogP contribution in [0.1, 0.15) is 13.8 Å². The maximum absolute atomic E-state index is 9.72. The summed E-state index contributed by atoms with van der Waals surface area (Å²) in [5.74, 6) is 6.85. The van der Waals surface area contributed by atoms with Crippen molar-refractivity contribution in [2.24, 2.45) is 0 Å². The Hall–Kier alpha value is -0.950. The molecule has 0 unspecified atom stereocenters. The van der Waals surface area contributed by atoms with E-state index in [4.69, 9.17) is 29.0 Å². The number of benzene rings is 1. The molecule has 0 spiro atoms. The molecule has 0 aliphatic heterocycles. The van der Waals surface area contributed by atoms with Gasteiger partial charge in [-0.1, -0.05) is 35.0 Å². The van der Waals surface area contributed by atoms with Crippen molar-refractivity contribution in [3.8, 4) is 11.4 Å². The van der Waals surface area contributed by atoms with Crippen molar-refractivity contribution in [1.82, 2.24) is 14.9 Å². The molecule has 0 atom stereocenters. The van der Waals surface area contributed by atoms with E-state index >= 15 is 0 Å². The van der Waals surface area contributed by atoms with Gasteiger partial charge in [-0.3, -0.25) is 0 Å². The molecular formula is C12H14Cl2N4OS. The minimum Gasteiger partial charge on any atom is -0.390 e. The third kappa shape index (κ3) is 3.58. The van der Waals surface area contributed by atoms with Gasteiger partial charge in [-0.15, -0.1) is 10.2 Å². The van der Waals surface area contributed by atoms with Gasteiger partial charge in [0.1, 0.15) is 0 Å². The topological polar surface area (TPSA) is 77.0 Å². The third-order valence-electron chi connectivity index (χ3n) is 2.39. The number of aromatic nitrogens is 3. The lowest BCUT2D eigenvalue weighted by atomic mass is 10.2. The Bertz CT molecular complexity index is 624. The largest absolute Gasteiger partial charge is 0.390 e. The first-order valence-electron chi connectivity index (χ1n) is 5.79. The van der Waals surface area contributed by atoms with Crippen molar-refractivity contribution in [3.63, 3.8) is 0 Å². The quantitative estimate of drug-likeness (QED) is 0.665. The van der Waals surface area contributed by atoms with E-state index in [0.717, 1.165) is 0 Å². The Morgan fingerprint density at radius 2 is 2.05 bits per heavy atom. The second-order valence-corrected chi connectivity index (χ2v) is 6.69. The summed E-state index contributed by atoms with van der Waals surface area (Å²) >= 11 is 13.4. The van der Waals surface area contributed by atoms with Gasteiger partial charge in [0.25, 0.3) is 0 Å². The molecule has 1 aromatic heterocycles. The zero-order chi connectivity index (χ0) is 14.9. The van der Waals surface area contributed by atoms with Crippen LogP contribution >= 0.6 is 35.0 Å². The van der Waals surface area contributed by atoms with Crippen LogP contribution in [0.2, 0.25) is 10.0 Å². The van der Waals surface area contributed by atoms with E-state index in [1.807, 2.05) is 0 Å². The monoisotopic (exact) mass is 332 g/mol. The van der Waals surface area contributed by atoms with Gasteiger partial charge in [0.05, 0.1) is 10.6 Å². The Morgan fingerprint density at radius 1 is 1.35 bits per heavy atom. The average Bonchev–Trinajstić information content (AvgIpc) is 2.70. The first-order chi connectivity index (χ1) is 9.28. The highest BCUT2D eigenvalue weighted by Gasteiger charge is 2.19. The summed E-state index contributed by atoms with van der Waals surface area (Å²) in [6.07, 6.45) is 0.